The number of rotatable bonds is 1. The minimum atomic E-state index is 1.11. The van der Waals surface area contributed by atoms with Crippen LogP contribution >= 0.6 is 11.3 Å². The lowest BCUT2D eigenvalue weighted by Gasteiger charge is -2.13. The summed E-state index contributed by atoms with van der Waals surface area (Å²) in [6.07, 6.45) is 0. The Kier molecular flexibility index (Phi) is 3.82. The Hall–Kier alpha value is -2.71. The molecule has 3 aromatic carbocycles. The number of fused-ring (bicyclic) bond motifs is 5. The summed E-state index contributed by atoms with van der Waals surface area (Å²) in [5.41, 5.74) is 10.0. The lowest BCUT2D eigenvalue weighted by molar-refractivity contribution is 1.28. The highest BCUT2D eigenvalue weighted by atomic mass is 32.1. The van der Waals surface area contributed by atoms with Gasteiger partial charge in [-0.1, -0.05) is 35.4 Å². The summed E-state index contributed by atoms with van der Waals surface area (Å²) >= 11 is 1.90. The van der Waals surface area contributed by atoms with Crippen LogP contribution in [0.4, 0.5) is 0 Å². The maximum Gasteiger partial charge on any atom is 0.0803 e. The van der Waals surface area contributed by atoms with Gasteiger partial charge >= 0.3 is 0 Å². The normalized spacial score (nSPS) is 11.8. The van der Waals surface area contributed by atoms with Crippen LogP contribution in [0.3, 0.4) is 0 Å². The molecule has 1 nitrogen and oxygen atoms in total. The van der Waals surface area contributed by atoms with E-state index in [2.05, 4.69) is 83.1 Å². The van der Waals surface area contributed by atoms with Gasteiger partial charge in [0.15, 0.2) is 0 Å². The topological polar surface area (TPSA) is 12.9 Å². The van der Waals surface area contributed by atoms with Crippen LogP contribution < -0.4 is 0 Å². The number of thiophene rings is 1. The number of hydrogen-bond acceptors (Lipinski definition) is 2. The molecule has 0 fully saturated rings. The highest BCUT2D eigenvalue weighted by Gasteiger charge is 2.18. The molecule has 0 aliphatic rings. The average Bonchev–Trinajstić information content (AvgIpc) is 3.03. The molecule has 5 aromatic rings. The summed E-state index contributed by atoms with van der Waals surface area (Å²) in [4.78, 5) is 5.25. The van der Waals surface area contributed by atoms with Crippen molar-refractivity contribution in [1.29, 1.82) is 0 Å². The minimum Gasteiger partial charge on any atom is -0.247 e. The summed E-state index contributed by atoms with van der Waals surface area (Å²) in [5.74, 6) is 0. The van der Waals surface area contributed by atoms with Crippen LogP contribution in [-0.2, 0) is 0 Å². The smallest absolute Gasteiger partial charge is 0.0803 e. The van der Waals surface area contributed by atoms with Gasteiger partial charge in [-0.05, 0) is 75.6 Å². The Bertz CT molecular complexity index is 1390. The second kappa shape index (κ2) is 6.15. The molecule has 0 bridgehead atoms. The largest absolute Gasteiger partial charge is 0.247 e. The highest BCUT2D eigenvalue weighted by molar-refractivity contribution is 7.26. The van der Waals surface area contributed by atoms with Crippen molar-refractivity contribution < 1.29 is 0 Å². The molecule has 0 unspecified atom stereocenters. The minimum absolute atomic E-state index is 1.11. The Morgan fingerprint density at radius 1 is 0.750 bits per heavy atom. The molecule has 0 radical (unpaired) electrons. The Balaban J connectivity index is 2.06. The summed E-state index contributed by atoms with van der Waals surface area (Å²) in [5, 5.41) is 3.92. The van der Waals surface area contributed by atoms with Crippen LogP contribution in [0.25, 0.3) is 42.3 Å². The predicted molar refractivity (Wildman–Crippen MR) is 124 cm³/mol. The van der Waals surface area contributed by atoms with E-state index in [1.54, 1.807) is 0 Å². The van der Waals surface area contributed by atoms with Crippen molar-refractivity contribution in [2.24, 2.45) is 0 Å². The molecule has 28 heavy (non-hydrogen) atoms. The molecule has 0 atom stereocenters. The second-order valence-corrected chi connectivity index (χ2v) is 9.03. The average molecular weight is 382 g/mol. The second-order valence-electron chi connectivity index (χ2n) is 7.98. The molecule has 0 saturated carbocycles. The predicted octanol–water partition coefficient (Wildman–Crippen LogP) is 7.81. The van der Waals surface area contributed by atoms with Gasteiger partial charge in [0.2, 0.25) is 0 Å². The maximum absolute atomic E-state index is 5.25. The molecular weight excluding hydrogens is 358 g/mol. The van der Waals surface area contributed by atoms with E-state index < -0.39 is 0 Å². The summed E-state index contributed by atoms with van der Waals surface area (Å²) < 4.78 is 2.69. The van der Waals surface area contributed by atoms with Crippen LogP contribution in [0, 0.1) is 34.6 Å². The number of aromatic nitrogens is 1. The fourth-order valence-corrected chi connectivity index (χ4v) is 5.70. The molecule has 0 aliphatic heterocycles. The van der Waals surface area contributed by atoms with Crippen molar-refractivity contribution in [2.75, 3.05) is 0 Å². The maximum atomic E-state index is 5.25. The van der Waals surface area contributed by atoms with Crippen molar-refractivity contribution in [1.82, 2.24) is 4.98 Å². The number of hydrogen-bond donors (Lipinski definition) is 0. The molecule has 0 aliphatic carbocycles. The van der Waals surface area contributed by atoms with Crippen LogP contribution in [0.2, 0.25) is 0 Å². The number of aryl methyl sites for hydroxylation is 4. The molecule has 2 heterocycles. The van der Waals surface area contributed by atoms with Crippen LogP contribution in [0.1, 0.15) is 27.8 Å². The van der Waals surface area contributed by atoms with Gasteiger partial charge in [0.05, 0.1) is 11.2 Å². The lowest BCUT2D eigenvalue weighted by Crippen LogP contribution is -1.94. The first-order valence-electron chi connectivity index (χ1n) is 9.74. The standard InChI is InChI=1S/C26H23NS/c1-14-10-15(2)12-19(11-14)25-24-20-8-6-7-9-22(20)28-26(24)23-18(5)17(4)16(3)13-21(23)27-25/h6-13H,1-5H3. The molecule has 0 spiro atoms. The van der Waals surface area contributed by atoms with Gasteiger partial charge in [-0.25, -0.2) is 4.98 Å². The molecule has 2 aromatic heterocycles. The Morgan fingerprint density at radius 2 is 1.46 bits per heavy atom. The van der Waals surface area contributed by atoms with Crippen LogP contribution in [0.5, 0.6) is 0 Å². The van der Waals surface area contributed by atoms with Gasteiger partial charge in [-0.3, -0.25) is 0 Å². The Morgan fingerprint density at radius 3 is 2.21 bits per heavy atom. The summed E-state index contributed by atoms with van der Waals surface area (Å²) in [7, 11) is 0. The molecule has 0 saturated heterocycles. The fourth-order valence-electron chi connectivity index (χ4n) is 4.39. The summed E-state index contributed by atoms with van der Waals surface area (Å²) in [6.45, 7) is 11.0. The van der Waals surface area contributed by atoms with Crippen molar-refractivity contribution in [3.63, 3.8) is 0 Å². The van der Waals surface area contributed by atoms with Gasteiger partial charge in [0, 0.05) is 31.1 Å². The lowest BCUT2D eigenvalue weighted by atomic mass is 9.95. The molecule has 0 amide bonds. The first kappa shape index (κ1) is 17.4. The van der Waals surface area contributed by atoms with E-state index in [0.29, 0.717) is 0 Å². The van der Waals surface area contributed by atoms with Gasteiger partial charge in [0.1, 0.15) is 0 Å². The highest BCUT2D eigenvalue weighted by Crippen LogP contribution is 2.44. The van der Waals surface area contributed by atoms with Crippen molar-refractivity contribution in [2.45, 2.75) is 34.6 Å². The van der Waals surface area contributed by atoms with Crippen molar-refractivity contribution in [3.05, 3.63) is 76.3 Å². The summed E-state index contributed by atoms with van der Waals surface area (Å²) in [6, 6.07) is 17.8. The number of nitrogens with zero attached hydrogens (tertiary/aromatic N) is 1. The van der Waals surface area contributed by atoms with Crippen LogP contribution in [-0.4, -0.2) is 4.98 Å². The van der Waals surface area contributed by atoms with E-state index in [1.165, 1.54) is 58.9 Å². The fraction of sp³-hybridized carbons (Fsp3) is 0.192. The molecule has 5 rings (SSSR count). The molecule has 138 valence electrons. The van der Waals surface area contributed by atoms with Crippen molar-refractivity contribution >= 4 is 42.4 Å². The van der Waals surface area contributed by atoms with Gasteiger partial charge < -0.3 is 0 Å². The monoisotopic (exact) mass is 381 g/mol. The molecule has 0 N–H and O–H groups in total. The van der Waals surface area contributed by atoms with E-state index in [9.17, 15) is 0 Å². The van der Waals surface area contributed by atoms with E-state index in [4.69, 9.17) is 4.98 Å². The van der Waals surface area contributed by atoms with E-state index in [0.717, 1.165) is 11.2 Å². The third kappa shape index (κ3) is 2.48. The first-order chi connectivity index (χ1) is 13.4. The van der Waals surface area contributed by atoms with E-state index in [-0.39, 0.29) is 0 Å². The van der Waals surface area contributed by atoms with Crippen LogP contribution in [0.15, 0.2) is 48.5 Å². The van der Waals surface area contributed by atoms with E-state index >= 15 is 0 Å². The molecule has 2 heteroatoms. The zero-order valence-electron chi connectivity index (χ0n) is 17.0. The number of pyridine rings is 1. The van der Waals surface area contributed by atoms with Gasteiger partial charge in [-0.2, -0.15) is 0 Å². The zero-order chi connectivity index (χ0) is 19.6. The van der Waals surface area contributed by atoms with E-state index in [1.807, 2.05) is 11.3 Å². The van der Waals surface area contributed by atoms with Gasteiger partial charge in [0.25, 0.3) is 0 Å². The first-order valence-corrected chi connectivity index (χ1v) is 10.6. The zero-order valence-corrected chi connectivity index (χ0v) is 17.8. The van der Waals surface area contributed by atoms with Gasteiger partial charge in [-0.15, -0.1) is 11.3 Å². The third-order valence-corrected chi connectivity index (χ3v) is 7.11. The quantitative estimate of drug-likeness (QED) is 0.288. The molecular formula is C26H23NS. The van der Waals surface area contributed by atoms with Crippen molar-refractivity contribution in [3.8, 4) is 11.3 Å². The SMILES string of the molecule is Cc1cc(C)cc(-c2nc3cc(C)c(C)c(C)c3c3sc4ccccc4c23)c1. The third-order valence-electron chi connectivity index (χ3n) is 5.93. The number of benzene rings is 3. The Labute approximate surface area is 169 Å².